The summed E-state index contributed by atoms with van der Waals surface area (Å²) in [6.45, 7) is 0. The lowest BCUT2D eigenvalue weighted by molar-refractivity contribution is -0.132. The van der Waals surface area contributed by atoms with E-state index in [1.165, 1.54) is 18.1 Å². The monoisotopic (exact) mass is 571 g/mol. The van der Waals surface area contributed by atoms with Crippen molar-refractivity contribution in [3.05, 3.63) is 118 Å². The lowest BCUT2D eigenvalue weighted by atomic mass is 9.95. The van der Waals surface area contributed by atoms with Gasteiger partial charge in [-0.15, -0.1) is 0 Å². The number of nitrogens with zero attached hydrogens (tertiary/aromatic N) is 1. The molecule has 0 aliphatic carbocycles. The van der Waals surface area contributed by atoms with Gasteiger partial charge >= 0.3 is 0 Å². The van der Waals surface area contributed by atoms with E-state index in [9.17, 15) is 19.8 Å². The molecule has 4 aromatic rings. The van der Waals surface area contributed by atoms with Crippen LogP contribution >= 0.6 is 15.9 Å². The number of aliphatic hydroxyl groups is 1. The fraction of sp³-hybridized carbons (Fsp3) is 0.0667. The zero-order valence-corrected chi connectivity index (χ0v) is 21.8. The van der Waals surface area contributed by atoms with Crippen molar-refractivity contribution in [2.75, 3.05) is 12.0 Å². The second kappa shape index (κ2) is 10.4. The molecular weight excluding hydrogens is 550 g/mol. The molecule has 1 unspecified atom stereocenters. The van der Waals surface area contributed by atoms with Crippen LogP contribution in [0.4, 0.5) is 5.69 Å². The number of aromatic hydroxyl groups is 1. The van der Waals surface area contributed by atoms with Crippen LogP contribution in [0, 0.1) is 0 Å². The molecule has 2 N–H and O–H groups in total. The largest absolute Gasteiger partial charge is 0.507 e. The number of ketones is 1. The van der Waals surface area contributed by atoms with Crippen molar-refractivity contribution in [3.63, 3.8) is 0 Å². The van der Waals surface area contributed by atoms with Crippen LogP contribution in [0.5, 0.6) is 23.0 Å². The van der Waals surface area contributed by atoms with Gasteiger partial charge in [0.25, 0.3) is 11.7 Å². The van der Waals surface area contributed by atoms with Gasteiger partial charge in [0, 0.05) is 5.56 Å². The van der Waals surface area contributed by atoms with E-state index in [0.717, 1.165) is 0 Å². The maximum Gasteiger partial charge on any atom is 0.300 e. The Kier molecular flexibility index (Phi) is 6.89. The lowest BCUT2D eigenvalue weighted by Crippen LogP contribution is -2.29. The average molecular weight is 572 g/mol. The quantitative estimate of drug-likeness (QED) is 0.154. The maximum atomic E-state index is 13.4. The summed E-state index contributed by atoms with van der Waals surface area (Å²) in [6, 6.07) is 26.2. The Hall–Kier alpha value is -4.56. The van der Waals surface area contributed by atoms with E-state index in [-0.39, 0.29) is 22.8 Å². The Labute approximate surface area is 227 Å². The number of benzene rings is 4. The number of hydrogen-bond acceptors (Lipinski definition) is 6. The molecule has 38 heavy (non-hydrogen) atoms. The van der Waals surface area contributed by atoms with Crippen molar-refractivity contribution in [2.24, 2.45) is 0 Å². The number of Topliss-reactive ketones (excluding diaryl/α,β-unsaturated/α-hetero) is 1. The van der Waals surface area contributed by atoms with E-state index in [2.05, 4.69) is 15.9 Å². The summed E-state index contributed by atoms with van der Waals surface area (Å²) < 4.78 is 11.8. The molecule has 8 heteroatoms. The molecule has 0 spiro atoms. The first-order valence-electron chi connectivity index (χ1n) is 11.6. The minimum Gasteiger partial charge on any atom is -0.507 e. The molecule has 1 amide bonds. The minimum atomic E-state index is -1.04. The predicted octanol–water partition coefficient (Wildman–Crippen LogP) is 6.58. The van der Waals surface area contributed by atoms with Crippen LogP contribution in [-0.4, -0.2) is 29.0 Å². The Bertz CT molecular complexity index is 1570. The first kappa shape index (κ1) is 25.1. The number of phenolic OH excluding ortho intramolecular Hbond substituents is 1. The number of aliphatic hydroxyl groups excluding tert-OH is 1. The van der Waals surface area contributed by atoms with Gasteiger partial charge in [-0.05, 0) is 76.1 Å². The van der Waals surface area contributed by atoms with E-state index < -0.39 is 17.7 Å². The molecule has 190 valence electrons. The minimum absolute atomic E-state index is 0.118. The average Bonchev–Trinajstić information content (AvgIpc) is 3.19. The second-order valence-corrected chi connectivity index (χ2v) is 9.35. The van der Waals surface area contributed by atoms with Gasteiger partial charge in [0.2, 0.25) is 0 Å². The normalized spacial score (nSPS) is 16.5. The number of para-hydroxylation sites is 3. The zero-order valence-electron chi connectivity index (χ0n) is 20.2. The van der Waals surface area contributed by atoms with Gasteiger partial charge in [0.15, 0.2) is 0 Å². The Morgan fingerprint density at radius 1 is 0.868 bits per heavy atom. The van der Waals surface area contributed by atoms with Gasteiger partial charge in [-0.2, -0.15) is 0 Å². The van der Waals surface area contributed by atoms with Crippen LogP contribution in [0.2, 0.25) is 0 Å². The summed E-state index contributed by atoms with van der Waals surface area (Å²) in [7, 11) is 1.52. The first-order chi connectivity index (χ1) is 18.4. The van der Waals surface area contributed by atoms with E-state index in [0.29, 0.717) is 32.8 Å². The summed E-state index contributed by atoms with van der Waals surface area (Å²) in [5.41, 5.74) is 0.848. The fourth-order valence-corrected chi connectivity index (χ4v) is 4.95. The maximum absolute atomic E-state index is 13.4. The number of amides is 1. The molecule has 1 saturated heterocycles. The van der Waals surface area contributed by atoms with Crippen molar-refractivity contribution in [1.82, 2.24) is 0 Å². The number of hydrogen-bond donors (Lipinski definition) is 2. The number of ether oxygens (including phenoxy) is 2. The number of phenols is 1. The first-order valence-corrected chi connectivity index (χ1v) is 12.4. The van der Waals surface area contributed by atoms with Crippen LogP contribution < -0.4 is 14.4 Å². The molecule has 0 aromatic heterocycles. The molecule has 1 aliphatic rings. The van der Waals surface area contributed by atoms with E-state index >= 15 is 0 Å². The summed E-state index contributed by atoms with van der Waals surface area (Å²) >= 11 is 3.40. The lowest BCUT2D eigenvalue weighted by Gasteiger charge is -2.26. The fourth-order valence-electron chi connectivity index (χ4n) is 4.41. The molecule has 0 bridgehead atoms. The number of carbonyl (C=O) groups excluding carboxylic acids is 2. The molecule has 1 heterocycles. The summed E-state index contributed by atoms with van der Waals surface area (Å²) in [4.78, 5) is 28.0. The van der Waals surface area contributed by atoms with Crippen molar-refractivity contribution in [1.29, 1.82) is 0 Å². The molecule has 1 atom stereocenters. The molecule has 0 radical (unpaired) electrons. The summed E-state index contributed by atoms with van der Waals surface area (Å²) in [5, 5.41) is 22.0. The van der Waals surface area contributed by atoms with E-state index in [4.69, 9.17) is 9.47 Å². The summed E-state index contributed by atoms with van der Waals surface area (Å²) in [5.74, 6) is -0.658. The highest BCUT2D eigenvalue weighted by molar-refractivity contribution is 9.10. The van der Waals surface area contributed by atoms with Crippen LogP contribution in [0.15, 0.2) is 107 Å². The highest BCUT2D eigenvalue weighted by atomic mass is 79.9. The number of carbonyl (C=O) groups is 2. The van der Waals surface area contributed by atoms with Crippen LogP contribution in [0.3, 0.4) is 0 Å². The van der Waals surface area contributed by atoms with Gasteiger partial charge < -0.3 is 19.7 Å². The number of rotatable bonds is 6. The Morgan fingerprint density at radius 2 is 1.58 bits per heavy atom. The third-order valence-electron chi connectivity index (χ3n) is 6.16. The summed E-state index contributed by atoms with van der Waals surface area (Å²) in [6.07, 6.45) is 0. The molecule has 0 saturated carbocycles. The van der Waals surface area contributed by atoms with E-state index in [1.54, 1.807) is 60.7 Å². The van der Waals surface area contributed by atoms with Crippen LogP contribution in [0.1, 0.15) is 17.2 Å². The zero-order chi connectivity index (χ0) is 26.8. The highest BCUT2D eigenvalue weighted by Gasteiger charge is 2.47. The number of anilines is 1. The van der Waals surface area contributed by atoms with Gasteiger partial charge in [0.05, 0.1) is 28.9 Å². The van der Waals surface area contributed by atoms with Crippen molar-refractivity contribution < 1.29 is 29.3 Å². The molecule has 1 aliphatic heterocycles. The van der Waals surface area contributed by atoms with Crippen molar-refractivity contribution in [3.8, 4) is 23.0 Å². The van der Waals surface area contributed by atoms with Crippen LogP contribution in [0.25, 0.3) is 5.76 Å². The molecular formula is C30H22BrNO6. The number of methoxy groups -OCH3 is 1. The second-order valence-electron chi connectivity index (χ2n) is 8.49. The van der Waals surface area contributed by atoms with E-state index in [1.807, 2.05) is 30.3 Å². The van der Waals surface area contributed by atoms with Gasteiger partial charge in [-0.3, -0.25) is 14.5 Å². The molecule has 4 aromatic carbocycles. The third kappa shape index (κ3) is 4.62. The predicted molar refractivity (Wildman–Crippen MR) is 147 cm³/mol. The molecule has 7 nitrogen and oxygen atoms in total. The molecule has 1 fully saturated rings. The SMILES string of the molecule is COc1ccc(/C(O)=C2\C(=O)C(=O)N(c3ccccc3O)C2c2cccc(Oc3ccccc3)c2)cc1Br. The smallest absolute Gasteiger partial charge is 0.300 e. The van der Waals surface area contributed by atoms with Crippen LogP contribution in [-0.2, 0) is 9.59 Å². The van der Waals surface area contributed by atoms with Crippen molar-refractivity contribution >= 4 is 39.1 Å². The van der Waals surface area contributed by atoms with Gasteiger partial charge in [0.1, 0.15) is 28.8 Å². The highest BCUT2D eigenvalue weighted by Crippen LogP contribution is 2.45. The Balaban J connectivity index is 1.68. The van der Waals surface area contributed by atoms with Crippen molar-refractivity contribution in [2.45, 2.75) is 6.04 Å². The topological polar surface area (TPSA) is 96.3 Å². The van der Waals surface area contributed by atoms with Gasteiger partial charge in [-0.25, -0.2) is 0 Å². The third-order valence-corrected chi connectivity index (χ3v) is 6.78. The Morgan fingerprint density at radius 3 is 2.29 bits per heavy atom. The molecule has 5 rings (SSSR count). The number of halogens is 1. The standard InChI is InChI=1S/C30H22BrNO6/c1-37-25-15-14-19(17-22(25)31)28(34)26-27(32(30(36)29(26)35)23-12-5-6-13-24(23)33)18-8-7-11-21(16-18)38-20-9-3-2-4-10-20/h2-17,27,33-34H,1H3/b28-26+. The van der Waals surface area contributed by atoms with Gasteiger partial charge in [-0.1, -0.05) is 42.5 Å².